The molecular weight excluding hydrogens is 268 g/mol. The van der Waals surface area contributed by atoms with E-state index in [1.165, 1.54) is 19.3 Å². The highest BCUT2D eigenvalue weighted by atomic mass is 16.5. The van der Waals surface area contributed by atoms with Crippen molar-refractivity contribution < 1.29 is 14.6 Å². The summed E-state index contributed by atoms with van der Waals surface area (Å²) in [5.41, 5.74) is 0. The zero-order valence-electron chi connectivity index (χ0n) is 13.9. The third kappa shape index (κ3) is 6.32. The Balaban J connectivity index is 2.61. The van der Waals surface area contributed by atoms with Crippen molar-refractivity contribution in [3.8, 4) is 0 Å². The van der Waals surface area contributed by atoms with Crippen LogP contribution in [0.2, 0.25) is 0 Å². The molecule has 21 heavy (non-hydrogen) atoms. The summed E-state index contributed by atoms with van der Waals surface area (Å²) in [6, 6.07) is 0.628. The van der Waals surface area contributed by atoms with Crippen LogP contribution in [-0.4, -0.2) is 72.9 Å². The van der Waals surface area contributed by atoms with Crippen LogP contribution in [-0.2, 0) is 9.53 Å². The van der Waals surface area contributed by atoms with Crippen LogP contribution in [0.25, 0.3) is 0 Å². The quantitative estimate of drug-likeness (QED) is 0.701. The van der Waals surface area contributed by atoms with Crippen molar-refractivity contribution in [2.24, 2.45) is 0 Å². The fourth-order valence-electron chi connectivity index (χ4n) is 3.18. The fourth-order valence-corrected chi connectivity index (χ4v) is 3.18. The number of aliphatic hydroxyl groups excluding tert-OH is 1. The van der Waals surface area contributed by atoms with Crippen molar-refractivity contribution in [3.63, 3.8) is 0 Å². The molecule has 0 aromatic heterocycles. The van der Waals surface area contributed by atoms with Gasteiger partial charge in [-0.3, -0.25) is 9.69 Å². The van der Waals surface area contributed by atoms with Gasteiger partial charge in [-0.05, 0) is 26.7 Å². The van der Waals surface area contributed by atoms with Crippen molar-refractivity contribution in [1.82, 2.24) is 9.80 Å². The third-order valence-electron chi connectivity index (χ3n) is 4.20. The highest BCUT2D eigenvalue weighted by Gasteiger charge is 2.28. The summed E-state index contributed by atoms with van der Waals surface area (Å²) >= 11 is 0. The van der Waals surface area contributed by atoms with Crippen LogP contribution in [0, 0.1) is 0 Å². The highest BCUT2D eigenvalue weighted by Crippen LogP contribution is 2.24. The standard InChI is InChI=1S/C16H32N2O3/c1-14(2)18(15-7-5-4-6-8-15)16(20)13-17(9-11-19)10-12-21-3/h14-15,19H,4-13H2,1-3H3. The summed E-state index contributed by atoms with van der Waals surface area (Å²) in [6.45, 7) is 6.42. The first-order valence-corrected chi connectivity index (χ1v) is 8.23. The first-order valence-electron chi connectivity index (χ1n) is 8.23. The Morgan fingerprint density at radius 1 is 1.24 bits per heavy atom. The molecule has 1 N–H and O–H groups in total. The van der Waals surface area contributed by atoms with E-state index in [9.17, 15) is 4.79 Å². The molecule has 1 rings (SSSR count). The number of hydrogen-bond donors (Lipinski definition) is 1. The van der Waals surface area contributed by atoms with Crippen molar-refractivity contribution in [2.75, 3.05) is 40.0 Å². The number of carbonyl (C=O) groups excluding carboxylic acids is 1. The van der Waals surface area contributed by atoms with Gasteiger partial charge >= 0.3 is 0 Å². The molecule has 0 aliphatic heterocycles. The molecule has 1 fully saturated rings. The van der Waals surface area contributed by atoms with Gasteiger partial charge < -0.3 is 14.7 Å². The van der Waals surface area contributed by atoms with E-state index in [1.54, 1.807) is 7.11 Å². The molecule has 1 aliphatic carbocycles. The number of carbonyl (C=O) groups is 1. The maximum atomic E-state index is 12.7. The lowest BCUT2D eigenvalue weighted by Crippen LogP contribution is -2.50. The van der Waals surface area contributed by atoms with Gasteiger partial charge in [-0.15, -0.1) is 0 Å². The molecule has 124 valence electrons. The molecular formula is C16H32N2O3. The summed E-state index contributed by atoms with van der Waals surface area (Å²) in [6.07, 6.45) is 6.00. The Morgan fingerprint density at radius 3 is 2.43 bits per heavy atom. The van der Waals surface area contributed by atoms with E-state index in [1.807, 2.05) is 4.90 Å². The predicted octanol–water partition coefficient (Wildman–Crippen LogP) is 1.50. The molecule has 0 spiro atoms. The lowest BCUT2D eigenvalue weighted by atomic mass is 9.93. The lowest BCUT2D eigenvalue weighted by molar-refractivity contribution is -0.137. The average Bonchev–Trinajstić information content (AvgIpc) is 2.46. The molecule has 0 unspecified atom stereocenters. The summed E-state index contributed by atoms with van der Waals surface area (Å²) in [7, 11) is 1.65. The number of methoxy groups -OCH3 is 1. The van der Waals surface area contributed by atoms with E-state index in [0.29, 0.717) is 32.3 Å². The Morgan fingerprint density at radius 2 is 1.90 bits per heavy atom. The first-order chi connectivity index (χ1) is 10.1. The van der Waals surface area contributed by atoms with Gasteiger partial charge in [0.05, 0.1) is 19.8 Å². The Labute approximate surface area is 129 Å². The van der Waals surface area contributed by atoms with Crippen LogP contribution >= 0.6 is 0 Å². The van der Waals surface area contributed by atoms with E-state index in [-0.39, 0.29) is 18.6 Å². The van der Waals surface area contributed by atoms with Gasteiger partial charge in [0.1, 0.15) is 0 Å². The van der Waals surface area contributed by atoms with Gasteiger partial charge in [-0.2, -0.15) is 0 Å². The van der Waals surface area contributed by atoms with E-state index < -0.39 is 0 Å². The van der Waals surface area contributed by atoms with Crippen LogP contribution in [0.4, 0.5) is 0 Å². The molecule has 0 saturated heterocycles. The Hall–Kier alpha value is -0.650. The second-order valence-corrected chi connectivity index (χ2v) is 6.18. The van der Waals surface area contributed by atoms with Crippen molar-refractivity contribution in [1.29, 1.82) is 0 Å². The van der Waals surface area contributed by atoms with Gasteiger partial charge in [-0.25, -0.2) is 0 Å². The van der Waals surface area contributed by atoms with Crippen LogP contribution in [0.1, 0.15) is 46.0 Å². The Kier molecular flexibility index (Phi) is 8.88. The maximum Gasteiger partial charge on any atom is 0.237 e. The summed E-state index contributed by atoms with van der Waals surface area (Å²) in [4.78, 5) is 16.7. The van der Waals surface area contributed by atoms with Crippen molar-refractivity contribution >= 4 is 5.91 Å². The monoisotopic (exact) mass is 300 g/mol. The molecule has 1 aliphatic rings. The minimum Gasteiger partial charge on any atom is -0.395 e. The van der Waals surface area contributed by atoms with E-state index in [0.717, 1.165) is 12.8 Å². The van der Waals surface area contributed by atoms with Crippen molar-refractivity contribution in [2.45, 2.75) is 58.0 Å². The lowest BCUT2D eigenvalue weighted by Gasteiger charge is -2.38. The van der Waals surface area contributed by atoms with Gasteiger partial charge in [-0.1, -0.05) is 19.3 Å². The van der Waals surface area contributed by atoms with E-state index in [2.05, 4.69) is 18.7 Å². The molecule has 0 atom stereocenters. The van der Waals surface area contributed by atoms with Crippen molar-refractivity contribution in [3.05, 3.63) is 0 Å². The second-order valence-electron chi connectivity index (χ2n) is 6.18. The van der Waals surface area contributed by atoms with Crippen LogP contribution in [0.3, 0.4) is 0 Å². The highest BCUT2D eigenvalue weighted by molar-refractivity contribution is 5.79. The zero-order chi connectivity index (χ0) is 15.7. The summed E-state index contributed by atoms with van der Waals surface area (Å²) in [5.74, 6) is 0.182. The SMILES string of the molecule is COCCN(CCO)CC(=O)N(C(C)C)C1CCCCC1. The largest absolute Gasteiger partial charge is 0.395 e. The molecule has 0 aromatic carbocycles. The maximum absolute atomic E-state index is 12.7. The normalized spacial score (nSPS) is 16.7. The third-order valence-corrected chi connectivity index (χ3v) is 4.20. The molecule has 1 amide bonds. The number of rotatable bonds is 9. The molecule has 0 radical (unpaired) electrons. The van der Waals surface area contributed by atoms with E-state index >= 15 is 0 Å². The second kappa shape index (κ2) is 10.1. The minimum atomic E-state index is 0.0715. The minimum absolute atomic E-state index is 0.0715. The predicted molar refractivity (Wildman–Crippen MR) is 84.3 cm³/mol. The topological polar surface area (TPSA) is 53.0 Å². The first kappa shape index (κ1) is 18.4. The van der Waals surface area contributed by atoms with Gasteiger partial charge in [0, 0.05) is 32.3 Å². The number of ether oxygens (including phenoxy) is 1. The molecule has 0 heterocycles. The number of hydrogen-bond acceptors (Lipinski definition) is 4. The zero-order valence-corrected chi connectivity index (χ0v) is 13.9. The molecule has 0 bridgehead atoms. The summed E-state index contributed by atoms with van der Waals surface area (Å²) < 4.78 is 5.08. The summed E-state index contributed by atoms with van der Waals surface area (Å²) in [5, 5.41) is 9.14. The number of nitrogens with zero attached hydrogens (tertiary/aromatic N) is 2. The molecule has 5 heteroatoms. The van der Waals surface area contributed by atoms with E-state index in [4.69, 9.17) is 9.84 Å². The smallest absolute Gasteiger partial charge is 0.237 e. The number of aliphatic hydroxyl groups is 1. The van der Waals surface area contributed by atoms with Crippen LogP contribution in [0.15, 0.2) is 0 Å². The van der Waals surface area contributed by atoms with Gasteiger partial charge in [0.15, 0.2) is 0 Å². The molecule has 5 nitrogen and oxygen atoms in total. The molecule has 0 aromatic rings. The van der Waals surface area contributed by atoms with Crippen LogP contribution < -0.4 is 0 Å². The Bertz CT molecular complexity index is 291. The molecule has 1 saturated carbocycles. The van der Waals surface area contributed by atoms with Gasteiger partial charge in [0.2, 0.25) is 5.91 Å². The fraction of sp³-hybridized carbons (Fsp3) is 0.938. The van der Waals surface area contributed by atoms with Crippen LogP contribution in [0.5, 0.6) is 0 Å². The number of amides is 1. The average molecular weight is 300 g/mol. The van der Waals surface area contributed by atoms with Gasteiger partial charge in [0.25, 0.3) is 0 Å².